The number of anilines is 1. The zero-order chi connectivity index (χ0) is 22.1. The molecule has 0 heterocycles. The highest BCUT2D eigenvalue weighted by Gasteiger charge is 2.23. The monoisotopic (exact) mass is 430 g/mol. The lowest BCUT2D eigenvalue weighted by Crippen LogP contribution is -2.41. The molecule has 0 fully saturated rings. The number of nitriles is 1. The van der Waals surface area contributed by atoms with E-state index in [0.29, 0.717) is 23.6 Å². The van der Waals surface area contributed by atoms with Gasteiger partial charge in [0, 0.05) is 12.7 Å². The minimum Gasteiger partial charge on any atom is -0.494 e. The molecule has 0 radical (unpaired) electrons. The average molecular weight is 430 g/mol. The van der Waals surface area contributed by atoms with Crippen molar-refractivity contribution in [1.29, 1.82) is 5.26 Å². The highest BCUT2D eigenvalue weighted by molar-refractivity contribution is 7.89. The molecule has 0 aliphatic heterocycles. The molecule has 10 heteroatoms. The molecule has 0 atom stereocenters. The van der Waals surface area contributed by atoms with Crippen LogP contribution in [-0.2, 0) is 19.6 Å². The van der Waals surface area contributed by atoms with E-state index in [1.165, 1.54) is 31.3 Å². The number of hydrogen-bond acceptors (Lipinski definition) is 6. The molecule has 158 valence electrons. The van der Waals surface area contributed by atoms with Crippen molar-refractivity contribution in [3.63, 3.8) is 0 Å². The van der Waals surface area contributed by atoms with Crippen LogP contribution in [0.25, 0.3) is 0 Å². The molecular weight excluding hydrogens is 408 g/mol. The van der Waals surface area contributed by atoms with Gasteiger partial charge in [0.2, 0.25) is 21.8 Å². The first-order chi connectivity index (χ1) is 14.3. The Morgan fingerprint density at radius 2 is 1.70 bits per heavy atom. The number of benzene rings is 2. The van der Waals surface area contributed by atoms with Crippen LogP contribution in [0, 0.1) is 11.3 Å². The first-order valence-electron chi connectivity index (χ1n) is 9.02. The Labute approximate surface area is 175 Å². The fourth-order valence-electron chi connectivity index (χ4n) is 2.41. The first kappa shape index (κ1) is 22.9. The number of sulfonamides is 1. The van der Waals surface area contributed by atoms with Gasteiger partial charge < -0.3 is 15.4 Å². The van der Waals surface area contributed by atoms with Gasteiger partial charge in [-0.15, -0.1) is 0 Å². The summed E-state index contributed by atoms with van der Waals surface area (Å²) in [6.45, 7) is 1.63. The lowest BCUT2D eigenvalue weighted by molar-refractivity contribution is -0.124. The van der Waals surface area contributed by atoms with Crippen molar-refractivity contribution in [2.75, 3.05) is 32.1 Å². The van der Waals surface area contributed by atoms with E-state index in [1.807, 2.05) is 13.0 Å². The van der Waals surface area contributed by atoms with Crippen LogP contribution in [0.1, 0.15) is 12.5 Å². The van der Waals surface area contributed by atoms with Crippen LogP contribution >= 0.6 is 0 Å². The molecule has 2 aromatic rings. The molecule has 0 aromatic heterocycles. The van der Waals surface area contributed by atoms with Crippen molar-refractivity contribution in [2.24, 2.45) is 0 Å². The third-order valence-corrected chi connectivity index (χ3v) is 5.77. The van der Waals surface area contributed by atoms with E-state index in [0.717, 1.165) is 4.31 Å². The second-order valence-corrected chi connectivity index (χ2v) is 8.22. The molecule has 0 saturated heterocycles. The van der Waals surface area contributed by atoms with E-state index < -0.39 is 28.4 Å². The Hall–Kier alpha value is -3.42. The molecule has 0 saturated carbocycles. The van der Waals surface area contributed by atoms with Gasteiger partial charge in [-0.3, -0.25) is 9.59 Å². The van der Waals surface area contributed by atoms with Crippen molar-refractivity contribution >= 4 is 27.5 Å². The molecule has 0 aliphatic carbocycles. The highest BCUT2D eigenvalue weighted by atomic mass is 32.2. The van der Waals surface area contributed by atoms with Gasteiger partial charge in [0.25, 0.3) is 0 Å². The molecule has 2 rings (SSSR count). The number of hydrogen-bond donors (Lipinski definition) is 2. The minimum atomic E-state index is -3.90. The zero-order valence-electron chi connectivity index (χ0n) is 16.6. The van der Waals surface area contributed by atoms with Crippen molar-refractivity contribution in [2.45, 2.75) is 11.8 Å². The zero-order valence-corrected chi connectivity index (χ0v) is 17.4. The predicted octanol–water partition coefficient (Wildman–Crippen LogP) is 1.33. The SMILES string of the molecule is CCOc1ccc(NC(=O)CNC(=O)CN(C)S(=O)(=O)c2ccc(C#N)cc2)cc1. The third-order valence-electron chi connectivity index (χ3n) is 3.95. The van der Waals surface area contributed by atoms with E-state index in [1.54, 1.807) is 24.3 Å². The summed E-state index contributed by atoms with van der Waals surface area (Å²) < 4.78 is 31.2. The molecular formula is C20H22N4O5S. The van der Waals surface area contributed by atoms with Crippen LogP contribution in [0.4, 0.5) is 5.69 Å². The number of nitrogens with zero attached hydrogens (tertiary/aromatic N) is 2. The summed E-state index contributed by atoms with van der Waals surface area (Å²) in [7, 11) is -2.65. The van der Waals surface area contributed by atoms with Crippen LogP contribution in [0.5, 0.6) is 5.75 Å². The maximum atomic E-state index is 12.5. The minimum absolute atomic E-state index is 0.0370. The normalized spacial score (nSPS) is 10.9. The topological polar surface area (TPSA) is 129 Å². The number of carbonyl (C=O) groups is 2. The summed E-state index contributed by atoms with van der Waals surface area (Å²) in [4.78, 5) is 24.0. The summed E-state index contributed by atoms with van der Waals surface area (Å²) in [6, 6.07) is 14.0. The maximum absolute atomic E-state index is 12.5. The fraction of sp³-hybridized carbons (Fsp3) is 0.250. The Morgan fingerprint density at radius 3 is 2.27 bits per heavy atom. The Kier molecular flexibility index (Phi) is 7.91. The summed E-state index contributed by atoms with van der Waals surface area (Å²) >= 11 is 0. The van der Waals surface area contributed by atoms with E-state index in [9.17, 15) is 18.0 Å². The van der Waals surface area contributed by atoms with Gasteiger partial charge >= 0.3 is 0 Å². The van der Waals surface area contributed by atoms with Crippen LogP contribution < -0.4 is 15.4 Å². The van der Waals surface area contributed by atoms with Crippen LogP contribution in [0.2, 0.25) is 0 Å². The molecule has 2 amide bonds. The molecule has 0 unspecified atom stereocenters. The Bertz CT molecular complexity index is 1030. The Morgan fingerprint density at radius 1 is 1.07 bits per heavy atom. The van der Waals surface area contributed by atoms with E-state index in [2.05, 4.69) is 10.6 Å². The van der Waals surface area contributed by atoms with Gasteiger partial charge in [-0.2, -0.15) is 9.57 Å². The standard InChI is InChI=1S/C20H22N4O5S/c1-3-29-17-8-6-16(7-9-17)23-19(25)13-22-20(26)14-24(2)30(27,28)18-10-4-15(12-21)5-11-18/h4-11H,3,13-14H2,1-2H3,(H,22,26)(H,23,25). The third kappa shape index (κ3) is 6.30. The van der Waals surface area contributed by atoms with Crippen LogP contribution in [0.3, 0.4) is 0 Å². The van der Waals surface area contributed by atoms with E-state index in [-0.39, 0.29) is 11.4 Å². The summed E-state index contributed by atoms with van der Waals surface area (Å²) in [5.41, 5.74) is 0.867. The van der Waals surface area contributed by atoms with Gasteiger partial charge in [0.1, 0.15) is 5.75 Å². The summed E-state index contributed by atoms with van der Waals surface area (Å²) in [6.07, 6.45) is 0. The van der Waals surface area contributed by atoms with Crippen molar-refractivity contribution in [3.8, 4) is 11.8 Å². The number of carbonyl (C=O) groups excluding carboxylic acids is 2. The molecule has 9 nitrogen and oxygen atoms in total. The number of nitrogens with one attached hydrogen (secondary N) is 2. The first-order valence-corrected chi connectivity index (χ1v) is 10.5. The van der Waals surface area contributed by atoms with Gasteiger partial charge in [0.05, 0.1) is 36.2 Å². The molecule has 30 heavy (non-hydrogen) atoms. The van der Waals surface area contributed by atoms with Gasteiger partial charge in [0.15, 0.2) is 0 Å². The van der Waals surface area contributed by atoms with Crippen LogP contribution in [-0.4, -0.2) is 51.3 Å². The summed E-state index contributed by atoms with van der Waals surface area (Å²) in [5, 5.41) is 13.8. The predicted molar refractivity (Wildman–Crippen MR) is 110 cm³/mol. The second-order valence-electron chi connectivity index (χ2n) is 6.18. The van der Waals surface area contributed by atoms with Crippen molar-refractivity contribution in [1.82, 2.24) is 9.62 Å². The number of rotatable bonds is 9. The summed E-state index contributed by atoms with van der Waals surface area (Å²) in [5.74, 6) is -0.406. The highest BCUT2D eigenvalue weighted by Crippen LogP contribution is 2.16. The molecule has 0 bridgehead atoms. The number of likely N-dealkylation sites (N-methyl/N-ethyl adjacent to an activating group) is 1. The molecule has 0 aliphatic rings. The lowest BCUT2D eigenvalue weighted by Gasteiger charge is -2.17. The number of ether oxygens (including phenoxy) is 1. The van der Waals surface area contributed by atoms with Crippen molar-refractivity contribution in [3.05, 3.63) is 54.1 Å². The van der Waals surface area contributed by atoms with Crippen LogP contribution in [0.15, 0.2) is 53.4 Å². The fourth-order valence-corrected chi connectivity index (χ4v) is 3.54. The van der Waals surface area contributed by atoms with Gasteiger partial charge in [-0.05, 0) is 55.5 Å². The van der Waals surface area contributed by atoms with Gasteiger partial charge in [-0.25, -0.2) is 8.42 Å². The van der Waals surface area contributed by atoms with Gasteiger partial charge in [-0.1, -0.05) is 0 Å². The smallest absolute Gasteiger partial charge is 0.243 e. The number of amides is 2. The van der Waals surface area contributed by atoms with E-state index in [4.69, 9.17) is 10.00 Å². The molecule has 2 aromatic carbocycles. The molecule has 2 N–H and O–H groups in total. The van der Waals surface area contributed by atoms with Crippen molar-refractivity contribution < 1.29 is 22.7 Å². The molecule has 0 spiro atoms. The lowest BCUT2D eigenvalue weighted by atomic mass is 10.2. The second kappa shape index (κ2) is 10.4. The Balaban J connectivity index is 1.85. The average Bonchev–Trinajstić information content (AvgIpc) is 2.74. The largest absolute Gasteiger partial charge is 0.494 e. The van der Waals surface area contributed by atoms with E-state index >= 15 is 0 Å². The maximum Gasteiger partial charge on any atom is 0.243 e. The quantitative estimate of drug-likeness (QED) is 0.618.